The summed E-state index contributed by atoms with van der Waals surface area (Å²) >= 11 is 0. The van der Waals surface area contributed by atoms with Crippen LogP contribution in [-0.2, 0) is 0 Å². The molecule has 0 spiro atoms. The number of anilines is 1. The smallest absolute Gasteiger partial charge is 0.258 e. The Balaban J connectivity index is 2.24. The lowest BCUT2D eigenvalue weighted by Gasteiger charge is -2.08. The molecular weight excluding hydrogens is 235 g/mol. The van der Waals surface area contributed by atoms with E-state index < -0.39 is 11.7 Å². The number of amides is 1. The lowest BCUT2D eigenvalue weighted by molar-refractivity contribution is 0.102. The quantitative estimate of drug-likeness (QED) is 0.800. The maximum Gasteiger partial charge on any atom is 0.258 e. The zero-order valence-corrected chi connectivity index (χ0v) is 9.64. The normalized spacial score (nSPS) is 10.1. The Morgan fingerprint density at radius 3 is 2.83 bits per heavy atom. The van der Waals surface area contributed by atoms with Crippen molar-refractivity contribution in [3.63, 3.8) is 0 Å². The maximum atomic E-state index is 13.3. The molecule has 2 N–H and O–H groups in total. The summed E-state index contributed by atoms with van der Waals surface area (Å²) in [6.45, 7) is 1.73. The average molecular weight is 246 g/mol. The number of nitrogens with zero attached hydrogens (tertiary/aromatic N) is 1. The second kappa shape index (κ2) is 4.83. The lowest BCUT2D eigenvalue weighted by atomic mass is 10.1. The number of rotatable bonds is 2. The van der Waals surface area contributed by atoms with E-state index in [9.17, 15) is 14.3 Å². The van der Waals surface area contributed by atoms with Gasteiger partial charge in [0.1, 0.15) is 5.75 Å². The molecule has 1 heterocycles. The number of phenols is 1. The number of aryl methyl sites for hydroxylation is 1. The number of aromatic nitrogens is 1. The summed E-state index contributed by atoms with van der Waals surface area (Å²) in [6.07, 6.45) is 2.33. The number of hydrogen-bond acceptors (Lipinski definition) is 3. The molecule has 2 rings (SSSR count). The van der Waals surface area contributed by atoms with Crippen molar-refractivity contribution in [2.75, 3.05) is 5.32 Å². The number of carbonyl (C=O) groups is 1. The zero-order valence-electron chi connectivity index (χ0n) is 9.64. The summed E-state index contributed by atoms with van der Waals surface area (Å²) in [5.74, 6) is -1.12. The number of benzene rings is 1. The zero-order chi connectivity index (χ0) is 13.1. The Morgan fingerprint density at radius 1 is 1.39 bits per heavy atom. The molecule has 5 heteroatoms. The van der Waals surface area contributed by atoms with Gasteiger partial charge in [0.2, 0.25) is 0 Å². The Hall–Kier alpha value is -2.43. The molecule has 0 saturated heterocycles. The van der Waals surface area contributed by atoms with E-state index in [0.29, 0.717) is 11.3 Å². The molecule has 1 aromatic heterocycles. The summed E-state index contributed by atoms with van der Waals surface area (Å²) in [5.41, 5.74) is 1.14. The van der Waals surface area contributed by atoms with E-state index in [4.69, 9.17) is 0 Å². The van der Waals surface area contributed by atoms with Crippen molar-refractivity contribution in [2.45, 2.75) is 6.92 Å². The molecule has 92 valence electrons. The van der Waals surface area contributed by atoms with Crippen molar-refractivity contribution in [3.05, 3.63) is 53.6 Å². The highest BCUT2D eigenvalue weighted by Gasteiger charge is 2.12. The first-order chi connectivity index (χ1) is 8.58. The van der Waals surface area contributed by atoms with Crippen LogP contribution < -0.4 is 5.32 Å². The molecule has 0 aliphatic carbocycles. The number of phenolic OH excluding ortho intramolecular Hbond substituents is 1. The van der Waals surface area contributed by atoms with Gasteiger partial charge in [-0.15, -0.1) is 0 Å². The second-order valence-electron chi connectivity index (χ2n) is 3.81. The van der Waals surface area contributed by atoms with E-state index in [-0.39, 0.29) is 11.3 Å². The third-order valence-corrected chi connectivity index (χ3v) is 2.48. The third-order valence-electron chi connectivity index (χ3n) is 2.48. The van der Waals surface area contributed by atoms with Gasteiger partial charge in [0, 0.05) is 11.9 Å². The summed E-state index contributed by atoms with van der Waals surface area (Å²) in [6, 6.07) is 5.83. The predicted octanol–water partition coefficient (Wildman–Crippen LogP) is 2.49. The summed E-state index contributed by atoms with van der Waals surface area (Å²) < 4.78 is 13.3. The molecule has 0 fully saturated rings. The Labute approximate surface area is 103 Å². The molecule has 0 radical (unpaired) electrons. The number of nitrogens with one attached hydrogen (secondary N) is 1. The molecule has 18 heavy (non-hydrogen) atoms. The Bertz CT molecular complexity index is 599. The highest BCUT2D eigenvalue weighted by molar-refractivity contribution is 6.04. The molecule has 1 amide bonds. The van der Waals surface area contributed by atoms with Crippen molar-refractivity contribution in [1.29, 1.82) is 0 Å². The fourth-order valence-electron chi connectivity index (χ4n) is 1.54. The van der Waals surface area contributed by atoms with Gasteiger partial charge in [0.05, 0.1) is 11.8 Å². The van der Waals surface area contributed by atoms with Crippen molar-refractivity contribution >= 4 is 11.6 Å². The lowest BCUT2D eigenvalue weighted by Crippen LogP contribution is -2.14. The molecule has 0 bridgehead atoms. The van der Waals surface area contributed by atoms with Crippen molar-refractivity contribution in [1.82, 2.24) is 4.98 Å². The molecular formula is C13H11FN2O2. The molecule has 4 nitrogen and oxygen atoms in total. The number of halogens is 1. The van der Waals surface area contributed by atoms with Gasteiger partial charge in [-0.3, -0.25) is 9.78 Å². The van der Waals surface area contributed by atoms with Crippen LogP contribution in [0.5, 0.6) is 5.75 Å². The van der Waals surface area contributed by atoms with Crippen LogP contribution in [0.15, 0.2) is 36.7 Å². The van der Waals surface area contributed by atoms with Crippen molar-refractivity contribution < 1.29 is 14.3 Å². The first-order valence-corrected chi connectivity index (χ1v) is 5.28. The standard InChI is InChI=1S/C13H11FN2O2/c1-8-6-9(17)2-3-12(8)16-13(18)10-4-5-15-7-11(10)14/h2-7,17H,1H3,(H,16,18). The molecule has 2 aromatic rings. The van der Waals surface area contributed by atoms with E-state index in [1.165, 1.54) is 24.4 Å². The van der Waals surface area contributed by atoms with Crippen LogP contribution in [-0.4, -0.2) is 16.0 Å². The van der Waals surface area contributed by atoms with Gasteiger partial charge in [-0.25, -0.2) is 4.39 Å². The highest BCUT2D eigenvalue weighted by atomic mass is 19.1. The summed E-state index contributed by atoms with van der Waals surface area (Å²) in [5, 5.41) is 11.8. The minimum atomic E-state index is -0.675. The molecule has 0 aliphatic heterocycles. The van der Waals surface area contributed by atoms with Crippen molar-refractivity contribution in [2.24, 2.45) is 0 Å². The van der Waals surface area contributed by atoms with Crippen LogP contribution in [0.1, 0.15) is 15.9 Å². The fourth-order valence-corrected chi connectivity index (χ4v) is 1.54. The van der Waals surface area contributed by atoms with Crippen LogP contribution in [0, 0.1) is 12.7 Å². The van der Waals surface area contributed by atoms with Crippen molar-refractivity contribution in [3.8, 4) is 5.75 Å². The van der Waals surface area contributed by atoms with Gasteiger partial charge in [0.25, 0.3) is 5.91 Å². The number of carbonyl (C=O) groups excluding carboxylic acids is 1. The average Bonchev–Trinajstić information content (AvgIpc) is 2.33. The molecule has 1 aromatic carbocycles. The number of aromatic hydroxyl groups is 1. The van der Waals surface area contributed by atoms with Crippen LogP contribution in [0.4, 0.5) is 10.1 Å². The summed E-state index contributed by atoms with van der Waals surface area (Å²) in [7, 11) is 0. The predicted molar refractivity (Wildman–Crippen MR) is 65.0 cm³/mol. The van der Waals surface area contributed by atoms with Gasteiger partial charge in [0.15, 0.2) is 5.82 Å². The highest BCUT2D eigenvalue weighted by Crippen LogP contribution is 2.21. The largest absolute Gasteiger partial charge is 0.508 e. The van der Waals surface area contributed by atoms with Gasteiger partial charge in [-0.2, -0.15) is 0 Å². The molecule has 0 atom stereocenters. The first-order valence-electron chi connectivity index (χ1n) is 5.28. The fraction of sp³-hybridized carbons (Fsp3) is 0.0769. The van der Waals surface area contributed by atoms with Gasteiger partial charge in [-0.1, -0.05) is 0 Å². The maximum absolute atomic E-state index is 13.3. The Kier molecular flexibility index (Phi) is 3.23. The van der Waals surface area contributed by atoms with E-state index in [0.717, 1.165) is 6.20 Å². The minimum absolute atomic E-state index is 0.0718. The van der Waals surface area contributed by atoms with Crippen LogP contribution in [0.2, 0.25) is 0 Å². The van der Waals surface area contributed by atoms with E-state index >= 15 is 0 Å². The molecule has 0 unspecified atom stereocenters. The van der Waals surface area contributed by atoms with E-state index in [2.05, 4.69) is 10.3 Å². The molecule has 0 saturated carbocycles. The second-order valence-corrected chi connectivity index (χ2v) is 3.81. The van der Waals surface area contributed by atoms with Crippen LogP contribution in [0.3, 0.4) is 0 Å². The van der Waals surface area contributed by atoms with E-state index in [1.54, 1.807) is 13.0 Å². The SMILES string of the molecule is Cc1cc(O)ccc1NC(=O)c1ccncc1F. The molecule has 0 aliphatic rings. The summed E-state index contributed by atoms with van der Waals surface area (Å²) in [4.78, 5) is 15.4. The third kappa shape index (κ3) is 2.45. The number of pyridine rings is 1. The monoisotopic (exact) mass is 246 g/mol. The number of hydrogen-bond donors (Lipinski definition) is 2. The van der Waals surface area contributed by atoms with Crippen LogP contribution >= 0.6 is 0 Å². The van der Waals surface area contributed by atoms with Gasteiger partial charge < -0.3 is 10.4 Å². The first kappa shape index (κ1) is 12.0. The topological polar surface area (TPSA) is 62.2 Å². The van der Waals surface area contributed by atoms with E-state index in [1.807, 2.05) is 0 Å². The minimum Gasteiger partial charge on any atom is -0.508 e. The van der Waals surface area contributed by atoms with Crippen LogP contribution in [0.25, 0.3) is 0 Å². The van der Waals surface area contributed by atoms with Gasteiger partial charge >= 0.3 is 0 Å². The van der Waals surface area contributed by atoms with Gasteiger partial charge in [-0.05, 0) is 36.8 Å². The Morgan fingerprint density at radius 2 is 2.17 bits per heavy atom.